The van der Waals surface area contributed by atoms with Gasteiger partial charge in [-0.15, -0.1) is 0 Å². The van der Waals surface area contributed by atoms with Gasteiger partial charge in [0.2, 0.25) is 0 Å². The van der Waals surface area contributed by atoms with Gasteiger partial charge in [0.25, 0.3) is 0 Å². The molecule has 23 heavy (non-hydrogen) atoms. The normalized spacial score (nSPS) is 23.1. The fourth-order valence-corrected chi connectivity index (χ4v) is 2.82. The Kier molecular flexibility index (Phi) is 4.02. The Balaban J connectivity index is 1.98. The highest BCUT2D eigenvalue weighted by molar-refractivity contribution is 5.42. The largest absolute Gasteiger partial charge is 0.508 e. The molecule has 1 fully saturated rings. The van der Waals surface area contributed by atoms with E-state index in [1.807, 2.05) is 38.1 Å². The van der Waals surface area contributed by atoms with Crippen LogP contribution in [-0.4, -0.2) is 21.1 Å². The second kappa shape index (κ2) is 5.85. The minimum atomic E-state index is -0.796. The summed E-state index contributed by atoms with van der Waals surface area (Å²) in [5.41, 5.74) is 2.27. The quantitative estimate of drug-likeness (QED) is 0.810. The number of phenols is 2. The van der Waals surface area contributed by atoms with E-state index >= 15 is 0 Å². The number of rotatable bonds is 3. The van der Waals surface area contributed by atoms with Crippen LogP contribution in [0.1, 0.15) is 42.7 Å². The number of aliphatic hydroxyl groups is 1. The molecule has 1 aliphatic heterocycles. The molecule has 0 spiro atoms. The van der Waals surface area contributed by atoms with Gasteiger partial charge in [0.1, 0.15) is 23.7 Å². The number of aromatic hydroxyl groups is 2. The first-order chi connectivity index (χ1) is 10.9. The van der Waals surface area contributed by atoms with E-state index in [1.165, 1.54) is 12.1 Å². The van der Waals surface area contributed by atoms with E-state index in [4.69, 9.17) is 14.6 Å². The zero-order valence-electron chi connectivity index (χ0n) is 13.1. The van der Waals surface area contributed by atoms with Crippen LogP contribution in [0.25, 0.3) is 0 Å². The smallest absolute Gasteiger partial charge is 0.164 e. The standard InChI is InChI=1S/C18H20O5/c1-18(2)22-16(12-5-3-11(10-19)4-6-12)17(23-18)14-8-7-13(20)9-15(14)21/h3-9,16-17,19-21H,10H2,1-2H3/t16-,17-/m1/s1. The van der Waals surface area contributed by atoms with Gasteiger partial charge in [0.15, 0.2) is 5.79 Å². The molecule has 0 unspecified atom stereocenters. The number of hydrogen-bond acceptors (Lipinski definition) is 5. The minimum Gasteiger partial charge on any atom is -0.508 e. The van der Waals surface area contributed by atoms with Crippen molar-refractivity contribution >= 4 is 0 Å². The van der Waals surface area contributed by atoms with Crippen LogP contribution in [0.15, 0.2) is 42.5 Å². The lowest BCUT2D eigenvalue weighted by atomic mass is 9.97. The highest BCUT2D eigenvalue weighted by atomic mass is 16.8. The molecule has 2 aromatic carbocycles. The van der Waals surface area contributed by atoms with Gasteiger partial charge in [-0.1, -0.05) is 24.3 Å². The molecule has 0 bridgehead atoms. The van der Waals surface area contributed by atoms with Crippen molar-refractivity contribution in [3.05, 3.63) is 59.2 Å². The van der Waals surface area contributed by atoms with E-state index < -0.39 is 18.0 Å². The zero-order valence-corrected chi connectivity index (χ0v) is 13.1. The average Bonchev–Trinajstić information content (AvgIpc) is 2.83. The van der Waals surface area contributed by atoms with Gasteiger partial charge >= 0.3 is 0 Å². The Morgan fingerprint density at radius 3 is 2.22 bits per heavy atom. The first-order valence-corrected chi connectivity index (χ1v) is 7.47. The van der Waals surface area contributed by atoms with E-state index in [9.17, 15) is 10.2 Å². The van der Waals surface area contributed by atoms with Gasteiger partial charge in [-0.05, 0) is 37.1 Å². The predicted octanol–water partition coefficient (Wildman–Crippen LogP) is 3.16. The summed E-state index contributed by atoms with van der Waals surface area (Å²) in [6, 6.07) is 11.9. The van der Waals surface area contributed by atoms with Gasteiger partial charge < -0.3 is 24.8 Å². The van der Waals surface area contributed by atoms with Crippen LogP contribution in [0.2, 0.25) is 0 Å². The molecule has 0 saturated carbocycles. The number of phenolic OH excluding ortho intramolecular Hbond substituents is 2. The molecule has 0 aromatic heterocycles. The van der Waals surface area contributed by atoms with Gasteiger partial charge in [-0.2, -0.15) is 0 Å². The van der Waals surface area contributed by atoms with Crippen molar-refractivity contribution in [3.63, 3.8) is 0 Å². The maximum Gasteiger partial charge on any atom is 0.164 e. The van der Waals surface area contributed by atoms with Crippen LogP contribution >= 0.6 is 0 Å². The molecule has 2 aromatic rings. The summed E-state index contributed by atoms with van der Waals surface area (Å²) in [6.45, 7) is 3.62. The second-order valence-corrected chi connectivity index (χ2v) is 6.12. The van der Waals surface area contributed by atoms with E-state index in [0.717, 1.165) is 11.1 Å². The Bertz CT molecular complexity index is 693. The molecule has 2 atom stereocenters. The van der Waals surface area contributed by atoms with Crippen LogP contribution in [0, 0.1) is 0 Å². The van der Waals surface area contributed by atoms with Crippen molar-refractivity contribution < 1.29 is 24.8 Å². The zero-order chi connectivity index (χ0) is 16.6. The lowest BCUT2D eigenvalue weighted by Gasteiger charge is -2.19. The highest BCUT2D eigenvalue weighted by Crippen LogP contribution is 2.49. The first kappa shape index (κ1) is 15.8. The van der Waals surface area contributed by atoms with Crippen LogP contribution in [0.3, 0.4) is 0 Å². The summed E-state index contributed by atoms with van der Waals surface area (Å²) < 4.78 is 12.0. The van der Waals surface area contributed by atoms with E-state index in [2.05, 4.69) is 0 Å². The monoisotopic (exact) mass is 316 g/mol. The van der Waals surface area contributed by atoms with Crippen LogP contribution in [-0.2, 0) is 16.1 Å². The Morgan fingerprint density at radius 1 is 0.957 bits per heavy atom. The second-order valence-electron chi connectivity index (χ2n) is 6.12. The Labute approximate surface area is 134 Å². The number of aliphatic hydroxyl groups excluding tert-OH is 1. The molecule has 0 radical (unpaired) electrons. The molecular weight excluding hydrogens is 296 g/mol. The van der Waals surface area contributed by atoms with E-state index in [0.29, 0.717) is 5.56 Å². The maximum atomic E-state index is 10.1. The molecule has 3 N–H and O–H groups in total. The van der Waals surface area contributed by atoms with Crippen molar-refractivity contribution in [1.82, 2.24) is 0 Å². The molecule has 1 saturated heterocycles. The van der Waals surface area contributed by atoms with Crippen molar-refractivity contribution in [2.45, 2.75) is 38.4 Å². The third-order valence-electron chi connectivity index (χ3n) is 3.91. The summed E-state index contributed by atoms with van der Waals surface area (Å²) >= 11 is 0. The molecule has 122 valence electrons. The summed E-state index contributed by atoms with van der Waals surface area (Å²) in [5, 5.41) is 28.8. The highest BCUT2D eigenvalue weighted by Gasteiger charge is 2.43. The third kappa shape index (κ3) is 3.17. The fourth-order valence-electron chi connectivity index (χ4n) is 2.82. The molecule has 5 heteroatoms. The Morgan fingerprint density at radius 2 is 1.61 bits per heavy atom. The fraction of sp³-hybridized carbons (Fsp3) is 0.333. The summed E-state index contributed by atoms with van der Waals surface area (Å²) in [7, 11) is 0. The van der Waals surface area contributed by atoms with Gasteiger partial charge in [0, 0.05) is 11.6 Å². The average molecular weight is 316 g/mol. The van der Waals surface area contributed by atoms with Crippen LogP contribution in [0.4, 0.5) is 0 Å². The van der Waals surface area contributed by atoms with E-state index in [-0.39, 0.29) is 18.1 Å². The summed E-state index contributed by atoms with van der Waals surface area (Å²) in [5.74, 6) is -0.837. The summed E-state index contributed by atoms with van der Waals surface area (Å²) in [4.78, 5) is 0. The molecule has 1 heterocycles. The van der Waals surface area contributed by atoms with Crippen molar-refractivity contribution in [3.8, 4) is 11.5 Å². The predicted molar refractivity (Wildman–Crippen MR) is 83.9 cm³/mol. The van der Waals surface area contributed by atoms with Crippen LogP contribution in [0.5, 0.6) is 11.5 Å². The molecule has 5 nitrogen and oxygen atoms in total. The van der Waals surface area contributed by atoms with Gasteiger partial charge in [-0.3, -0.25) is 0 Å². The number of ether oxygens (including phenoxy) is 2. The van der Waals surface area contributed by atoms with Gasteiger partial charge in [0.05, 0.1) is 6.61 Å². The third-order valence-corrected chi connectivity index (χ3v) is 3.91. The number of hydrogen-bond donors (Lipinski definition) is 3. The van der Waals surface area contributed by atoms with E-state index in [1.54, 1.807) is 6.07 Å². The lowest BCUT2D eigenvalue weighted by molar-refractivity contribution is -0.147. The topological polar surface area (TPSA) is 79.2 Å². The molecule has 0 aliphatic carbocycles. The molecule has 1 aliphatic rings. The van der Waals surface area contributed by atoms with Crippen LogP contribution < -0.4 is 0 Å². The lowest BCUT2D eigenvalue weighted by Crippen LogP contribution is -2.20. The maximum absolute atomic E-state index is 10.1. The SMILES string of the molecule is CC1(C)O[C@H](c2ccc(CO)cc2)[C@@H](c2ccc(O)cc2O)O1. The molecular formula is C18H20O5. The first-order valence-electron chi connectivity index (χ1n) is 7.47. The van der Waals surface area contributed by atoms with Crippen molar-refractivity contribution in [1.29, 1.82) is 0 Å². The Hall–Kier alpha value is -2.08. The molecule has 0 amide bonds. The van der Waals surface area contributed by atoms with Crippen molar-refractivity contribution in [2.24, 2.45) is 0 Å². The number of benzene rings is 2. The summed E-state index contributed by atoms with van der Waals surface area (Å²) in [6.07, 6.45) is -0.890. The van der Waals surface area contributed by atoms with Crippen molar-refractivity contribution in [2.75, 3.05) is 0 Å². The van der Waals surface area contributed by atoms with Gasteiger partial charge in [-0.25, -0.2) is 0 Å². The molecule has 3 rings (SSSR count). The minimum absolute atomic E-state index is 0.00623.